The zero-order valence-corrected chi connectivity index (χ0v) is 9.39. The van der Waals surface area contributed by atoms with E-state index < -0.39 is 5.97 Å². The lowest BCUT2D eigenvalue weighted by Crippen LogP contribution is -2.38. The second-order valence-corrected chi connectivity index (χ2v) is 3.83. The molecule has 0 atom stereocenters. The number of methoxy groups -OCH3 is 1. The molecular formula is C10H13N3O4. The van der Waals surface area contributed by atoms with Crippen molar-refractivity contribution in [3.63, 3.8) is 0 Å². The van der Waals surface area contributed by atoms with Crippen molar-refractivity contribution >= 4 is 11.9 Å². The van der Waals surface area contributed by atoms with E-state index in [1.165, 1.54) is 7.11 Å². The second-order valence-electron chi connectivity index (χ2n) is 3.83. The number of carboxylic acids is 1. The number of rotatable bonds is 3. The lowest BCUT2D eigenvalue weighted by atomic mass is 10.0. The molecular weight excluding hydrogens is 226 g/mol. The Morgan fingerprint density at radius 1 is 1.59 bits per heavy atom. The second kappa shape index (κ2) is 4.54. The Labute approximate surface area is 97.4 Å². The van der Waals surface area contributed by atoms with Crippen LogP contribution >= 0.6 is 0 Å². The first-order valence-corrected chi connectivity index (χ1v) is 5.19. The molecule has 92 valence electrons. The van der Waals surface area contributed by atoms with E-state index >= 15 is 0 Å². The maximum atomic E-state index is 11.6. The van der Waals surface area contributed by atoms with Crippen LogP contribution < -0.4 is 0 Å². The number of carboxylic acid groups (broad SMARTS) is 1. The molecule has 0 saturated carbocycles. The van der Waals surface area contributed by atoms with E-state index in [2.05, 4.69) is 10.2 Å². The number of hydrogen-bond acceptors (Lipinski definition) is 4. The van der Waals surface area contributed by atoms with Crippen molar-refractivity contribution in [2.75, 3.05) is 20.3 Å². The number of hydrogen-bond donors (Lipinski definition) is 2. The molecule has 0 spiro atoms. The van der Waals surface area contributed by atoms with Crippen LogP contribution in [0.15, 0.2) is 0 Å². The van der Waals surface area contributed by atoms with Gasteiger partial charge in [-0.1, -0.05) is 0 Å². The molecule has 1 aromatic heterocycles. The minimum atomic E-state index is -1.04. The average Bonchev–Trinajstić information content (AvgIpc) is 2.71. The van der Waals surface area contributed by atoms with Gasteiger partial charge in [0, 0.05) is 19.2 Å². The molecule has 1 aliphatic heterocycles. The summed E-state index contributed by atoms with van der Waals surface area (Å²) in [4.78, 5) is 24.1. The Bertz CT molecular complexity index is 454. The molecule has 1 aliphatic rings. The topological polar surface area (TPSA) is 95.5 Å². The number of ether oxygens (including phenoxy) is 1. The zero-order valence-electron chi connectivity index (χ0n) is 9.39. The normalized spacial score (nSPS) is 14.5. The molecule has 0 aliphatic carbocycles. The smallest absolute Gasteiger partial charge is 0.356 e. The monoisotopic (exact) mass is 239 g/mol. The molecule has 7 heteroatoms. The highest BCUT2D eigenvalue weighted by molar-refractivity contribution is 5.87. The van der Waals surface area contributed by atoms with Gasteiger partial charge >= 0.3 is 5.97 Å². The highest BCUT2D eigenvalue weighted by Gasteiger charge is 2.26. The van der Waals surface area contributed by atoms with Crippen LogP contribution in [0.5, 0.6) is 0 Å². The number of nitrogens with one attached hydrogen (secondary N) is 1. The maximum absolute atomic E-state index is 11.6. The number of aromatic carboxylic acids is 1. The summed E-state index contributed by atoms with van der Waals surface area (Å²) in [5, 5.41) is 15.3. The quantitative estimate of drug-likeness (QED) is 0.751. The highest BCUT2D eigenvalue weighted by Crippen LogP contribution is 2.20. The minimum Gasteiger partial charge on any atom is -0.476 e. The molecule has 0 bridgehead atoms. The highest BCUT2D eigenvalue weighted by atomic mass is 16.5. The molecule has 17 heavy (non-hydrogen) atoms. The number of H-pyrrole nitrogens is 1. The Morgan fingerprint density at radius 2 is 2.35 bits per heavy atom. The third kappa shape index (κ3) is 2.14. The van der Waals surface area contributed by atoms with Crippen LogP contribution in [0.2, 0.25) is 0 Å². The fourth-order valence-electron chi connectivity index (χ4n) is 1.92. The molecule has 0 saturated heterocycles. The predicted octanol–water partition coefficient (Wildman–Crippen LogP) is -0.361. The van der Waals surface area contributed by atoms with Crippen molar-refractivity contribution < 1.29 is 19.4 Å². The van der Waals surface area contributed by atoms with Crippen molar-refractivity contribution in [1.82, 2.24) is 15.1 Å². The molecule has 7 nitrogen and oxygen atoms in total. The van der Waals surface area contributed by atoms with E-state index in [1.807, 2.05) is 0 Å². The van der Waals surface area contributed by atoms with Gasteiger partial charge in [0.1, 0.15) is 6.61 Å². The standard InChI is InChI=1S/C10H13N3O4/c1-17-5-8(14)13-3-2-6-7(4-13)11-12-9(6)10(15)16/h2-5H2,1H3,(H,11,12)(H,15,16). The van der Waals surface area contributed by atoms with E-state index in [9.17, 15) is 9.59 Å². The summed E-state index contributed by atoms with van der Waals surface area (Å²) in [6.45, 7) is 0.891. The van der Waals surface area contributed by atoms with Crippen molar-refractivity contribution in [3.05, 3.63) is 17.0 Å². The van der Waals surface area contributed by atoms with E-state index in [4.69, 9.17) is 9.84 Å². The van der Waals surface area contributed by atoms with Crippen LogP contribution in [0.4, 0.5) is 0 Å². The van der Waals surface area contributed by atoms with Gasteiger partial charge in [-0.25, -0.2) is 4.79 Å². The Balaban J connectivity index is 2.15. The first-order valence-electron chi connectivity index (χ1n) is 5.19. The number of nitrogens with zero attached hydrogens (tertiary/aromatic N) is 2. The molecule has 1 aromatic rings. The summed E-state index contributed by atoms with van der Waals surface area (Å²) in [5.41, 5.74) is 1.44. The molecule has 0 aromatic carbocycles. The molecule has 2 N–H and O–H groups in total. The van der Waals surface area contributed by atoms with Gasteiger partial charge in [-0.05, 0) is 6.42 Å². The molecule has 1 amide bonds. The van der Waals surface area contributed by atoms with Crippen molar-refractivity contribution in [2.24, 2.45) is 0 Å². The van der Waals surface area contributed by atoms with Crippen LogP contribution in [0.1, 0.15) is 21.7 Å². The SMILES string of the molecule is COCC(=O)N1CCc2c(C(=O)O)n[nH]c2C1. The molecule has 2 rings (SSSR count). The van der Waals surface area contributed by atoms with Gasteiger partial charge < -0.3 is 14.7 Å². The fourth-order valence-corrected chi connectivity index (χ4v) is 1.92. The Kier molecular flexibility index (Phi) is 3.10. The summed E-state index contributed by atoms with van der Waals surface area (Å²) in [6, 6.07) is 0. The largest absolute Gasteiger partial charge is 0.476 e. The summed E-state index contributed by atoms with van der Waals surface area (Å²) in [5.74, 6) is -1.15. The Hall–Kier alpha value is -1.89. The third-order valence-corrected chi connectivity index (χ3v) is 2.76. The van der Waals surface area contributed by atoms with Crippen LogP contribution in [0.3, 0.4) is 0 Å². The lowest BCUT2D eigenvalue weighted by Gasteiger charge is -2.26. The van der Waals surface area contributed by atoms with E-state index in [1.54, 1.807) is 4.90 Å². The van der Waals surface area contributed by atoms with E-state index in [0.29, 0.717) is 30.8 Å². The molecule has 0 radical (unpaired) electrons. The van der Waals surface area contributed by atoms with E-state index in [-0.39, 0.29) is 18.2 Å². The summed E-state index contributed by atoms with van der Waals surface area (Å²) in [6.07, 6.45) is 0.503. The van der Waals surface area contributed by atoms with Gasteiger partial charge in [0.15, 0.2) is 5.69 Å². The van der Waals surface area contributed by atoms with Crippen LogP contribution in [0.25, 0.3) is 0 Å². The number of aromatic amines is 1. The number of fused-ring (bicyclic) bond motifs is 1. The Morgan fingerprint density at radius 3 is 3.00 bits per heavy atom. The van der Waals surface area contributed by atoms with E-state index in [0.717, 1.165) is 0 Å². The van der Waals surface area contributed by atoms with Crippen molar-refractivity contribution in [1.29, 1.82) is 0 Å². The summed E-state index contributed by atoms with van der Waals surface area (Å²) >= 11 is 0. The van der Waals surface area contributed by atoms with Gasteiger partial charge in [0.2, 0.25) is 5.91 Å². The van der Waals surface area contributed by atoms with Crippen molar-refractivity contribution in [3.8, 4) is 0 Å². The average molecular weight is 239 g/mol. The lowest BCUT2D eigenvalue weighted by molar-refractivity contribution is -0.136. The number of carbonyl (C=O) groups excluding carboxylic acids is 1. The van der Waals surface area contributed by atoms with Crippen molar-refractivity contribution in [2.45, 2.75) is 13.0 Å². The predicted molar refractivity (Wildman–Crippen MR) is 56.5 cm³/mol. The first-order chi connectivity index (χ1) is 8.13. The summed E-state index contributed by atoms with van der Waals surface area (Å²) < 4.78 is 4.78. The van der Waals surface area contributed by atoms with Gasteiger partial charge in [0.05, 0.1) is 12.2 Å². The zero-order chi connectivity index (χ0) is 12.4. The van der Waals surface area contributed by atoms with Crippen LogP contribution in [-0.4, -0.2) is 52.3 Å². The number of amides is 1. The molecule has 2 heterocycles. The van der Waals surface area contributed by atoms with Gasteiger partial charge in [-0.2, -0.15) is 5.10 Å². The van der Waals surface area contributed by atoms with Gasteiger partial charge in [0.25, 0.3) is 0 Å². The maximum Gasteiger partial charge on any atom is 0.356 e. The fraction of sp³-hybridized carbons (Fsp3) is 0.500. The molecule has 0 unspecified atom stereocenters. The minimum absolute atomic E-state index is 0.0370. The van der Waals surface area contributed by atoms with Gasteiger partial charge in [-0.3, -0.25) is 9.89 Å². The van der Waals surface area contributed by atoms with Crippen LogP contribution in [0, 0.1) is 0 Å². The first kappa shape index (κ1) is 11.6. The number of aromatic nitrogens is 2. The van der Waals surface area contributed by atoms with Crippen LogP contribution in [-0.2, 0) is 22.5 Å². The third-order valence-electron chi connectivity index (χ3n) is 2.76. The summed E-state index contributed by atoms with van der Waals surface area (Å²) in [7, 11) is 1.46. The molecule has 0 fully saturated rings. The number of carbonyl (C=O) groups is 2. The van der Waals surface area contributed by atoms with Gasteiger partial charge in [-0.15, -0.1) is 0 Å².